The van der Waals surface area contributed by atoms with Crippen LogP contribution < -0.4 is 16.0 Å². The molecule has 2 aromatic rings. The summed E-state index contributed by atoms with van der Waals surface area (Å²) in [4.78, 5) is 35.2. The van der Waals surface area contributed by atoms with Gasteiger partial charge in [0.25, 0.3) is 0 Å². The molecular weight excluding hydrogens is 408 g/mol. The van der Waals surface area contributed by atoms with Gasteiger partial charge in [-0.1, -0.05) is 17.8 Å². The number of nitrogens with one attached hydrogen (secondary N) is 3. The number of hydrogen-bond donors (Lipinski definition) is 3. The van der Waals surface area contributed by atoms with Crippen LogP contribution in [0.2, 0.25) is 0 Å². The zero-order valence-corrected chi connectivity index (χ0v) is 17.6. The molecule has 30 heavy (non-hydrogen) atoms. The van der Waals surface area contributed by atoms with Crippen molar-refractivity contribution < 1.29 is 19.1 Å². The van der Waals surface area contributed by atoms with E-state index in [1.807, 2.05) is 22.8 Å². The smallest absolute Gasteiger partial charge is 0.321 e. The topological polar surface area (TPSA) is 127 Å². The van der Waals surface area contributed by atoms with Gasteiger partial charge < -0.3 is 15.4 Å². The number of amides is 4. The predicted molar refractivity (Wildman–Crippen MR) is 112 cm³/mol. The second-order valence-electron chi connectivity index (χ2n) is 6.77. The Morgan fingerprint density at radius 1 is 1.27 bits per heavy atom. The zero-order valence-electron chi connectivity index (χ0n) is 16.8. The molecule has 0 radical (unpaired) electrons. The summed E-state index contributed by atoms with van der Waals surface area (Å²) in [7, 11) is 1.53. The van der Waals surface area contributed by atoms with Crippen molar-refractivity contribution in [1.82, 2.24) is 25.4 Å². The molecule has 4 amide bonds. The summed E-state index contributed by atoms with van der Waals surface area (Å²) in [5.41, 5.74) is 1.46. The quantitative estimate of drug-likeness (QED) is 0.406. The SMILES string of the molecule is COCCNC(=O)NC(=O)CSc1nnc(C2CC2)n1-c1cccc(NC(C)=O)c1. The van der Waals surface area contributed by atoms with Crippen LogP contribution >= 0.6 is 11.8 Å². The molecule has 0 spiro atoms. The maximum Gasteiger partial charge on any atom is 0.321 e. The maximum absolute atomic E-state index is 12.1. The van der Waals surface area contributed by atoms with Crippen LogP contribution in [-0.4, -0.2) is 58.6 Å². The summed E-state index contributed by atoms with van der Waals surface area (Å²) >= 11 is 1.19. The minimum Gasteiger partial charge on any atom is -0.383 e. The number of benzene rings is 1. The highest BCUT2D eigenvalue weighted by molar-refractivity contribution is 7.99. The molecule has 1 aromatic carbocycles. The Kier molecular flexibility index (Phi) is 7.41. The van der Waals surface area contributed by atoms with Crippen LogP contribution in [0.3, 0.4) is 0 Å². The van der Waals surface area contributed by atoms with E-state index in [2.05, 4.69) is 26.1 Å². The number of carbonyl (C=O) groups excluding carboxylic acids is 3. The van der Waals surface area contributed by atoms with Gasteiger partial charge in [-0.2, -0.15) is 0 Å². The second kappa shape index (κ2) is 10.2. The predicted octanol–water partition coefficient (Wildman–Crippen LogP) is 1.67. The minimum atomic E-state index is -0.569. The summed E-state index contributed by atoms with van der Waals surface area (Å²) < 4.78 is 6.74. The van der Waals surface area contributed by atoms with Crippen molar-refractivity contribution in [3.05, 3.63) is 30.1 Å². The highest BCUT2D eigenvalue weighted by Gasteiger charge is 2.31. The third-order valence-corrected chi connectivity index (χ3v) is 5.13. The molecule has 1 heterocycles. The van der Waals surface area contributed by atoms with E-state index in [1.54, 1.807) is 6.07 Å². The molecule has 11 heteroatoms. The first-order valence-corrected chi connectivity index (χ1v) is 10.5. The highest BCUT2D eigenvalue weighted by Crippen LogP contribution is 2.41. The molecule has 0 saturated heterocycles. The number of rotatable bonds is 9. The molecule has 1 fully saturated rings. The number of nitrogens with zero attached hydrogens (tertiary/aromatic N) is 3. The molecule has 0 aliphatic heterocycles. The van der Waals surface area contributed by atoms with Crippen LogP contribution in [-0.2, 0) is 14.3 Å². The lowest BCUT2D eigenvalue weighted by molar-refractivity contribution is -0.117. The lowest BCUT2D eigenvalue weighted by Gasteiger charge is -2.12. The third kappa shape index (κ3) is 6.04. The van der Waals surface area contributed by atoms with E-state index in [1.165, 1.54) is 25.8 Å². The number of thioether (sulfide) groups is 1. The normalized spacial score (nSPS) is 13.0. The molecule has 10 nitrogen and oxygen atoms in total. The van der Waals surface area contributed by atoms with E-state index >= 15 is 0 Å². The van der Waals surface area contributed by atoms with Gasteiger partial charge in [-0.25, -0.2) is 4.79 Å². The van der Waals surface area contributed by atoms with Gasteiger partial charge in [0.1, 0.15) is 5.82 Å². The first-order valence-electron chi connectivity index (χ1n) is 9.50. The van der Waals surface area contributed by atoms with E-state index in [0.717, 1.165) is 24.4 Å². The van der Waals surface area contributed by atoms with Crippen molar-refractivity contribution in [3.63, 3.8) is 0 Å². The van der Waals surface area contributed by atoms with Crippen LogP contribution in [0, 0.1) is 0 Å². The van der Waals surface area contributed by atoms with Gasteiger partial charge in [0.05, 0.1) is 18.0 Å². The number of carbonyl (C=O) groups is 3. The van der Waals surface area contributed by atoms with Gasteiger partial charge in [-0.05, 0) is 31.0 Å². The number of hydrogen-bond acceptors (Lipinski definition) is 7. The van der Waals surface area contributed by atoms with Crippen LogP contribution in [0.25, 0.3) is 5.69 Å². The molecule has 0 unspecified atom stereocenters. The van der Waals surface area contributed by atoms with Crippen molar-refractivity contribution in [2.45, 2.75) is 30.8 Å². The molecule has 3 rings (SSSR count). The summed E-state index contributed by atoms with van der Waals surface area (Å²) in [5, 5.41) is 16.7. The van der Waals surface area contributed by atoms with Gasteiger partial charge in [-0.3, -0.25) is 19.5 Å². The number of methoxy groups -OCH3 is 1. The molecule has 0 atom stereocenters. The molecule has 1 aromatic heterocycles. The molecule has 3 N–H and O–H groups in total. The van der Waals surface area contributed by atoms with Gasteiger partial charge >= 0.3 is 6.03 Å². The van der Waals surface area contributed by atoms with Crippen molar-refractivity contribution in [2.24, 2.45) is 0 Å². The van der Waals surface area contributed by atoms with E-state index in [4.69, 9.17) is 4.74 Å². The summed E-state index contributed by atoms with van der Waals surface area (Å²) in [6.45, 7) is 2.12. The van der Waals surface area contributed by atoms with Gasteiger partial charge in [0.2, 0.25) is 11.8 Å². The molecular formula is C19H24N6O4S. The van der Waals surface area contributed by atoms with Crippen molar-refractivity contribution in [2.75, 3.05) is 31.3 Å². The highest BCUT2D eigenvalue weighted by atomic mass is 32.2. The Hall–Kier alpha value is -2.92. The number of aromatic nitrogens is 3. The van der Waals surface area contributed by atoms with E-state index in [0.29, 0.717) is 29.9 Å². The fraction of sp³-hybridized carbons (Fsp3) is 0.421. The molecule has 1 aliphatic carbocycles. The maximum atomic E-state index is 12.1. The largest absolute Gasteiger partial charge is 0.383 e. The van der Waals surface area contributed by atoms with Crippen LogP contribution in [0.1, 0.15) is 31.5 Å². The van der Waals surface area contributed by atoms with E-state index in [-0.39, 0.29) is 11.7 Å². The fourth-order valence-corrected chi connectivity index (χ4v) is 3.51. The number of ether oxygens (including phenoxy) is 1. The van der Waals surface area contributed by atoms with Crippen LogP contribution in [0.4, 0.5) is 10.5 Å². The fourth-order valence-electron chi connectivity index (χ4n) is 2.75. The average molecular weight is 433 g/mol. The number of imide groups is 1. The Bertz CT molecular complexity index is 927. The Morgan fingerprint density at radius 3 is 2.77 bits per heavy atom. The first-order chi connectivity index (χ1) is 14.5. The van der Waals surface area contributed by atoms with Crippen LogP contribution in [0.15, 0.2) is 29.4 Å². The molecule has 1 aliphatic rings. The Morgan fingerprint density at radius 2 is 2.07 bits per heavy atom. The lowest BCUT2D eigenvalue weighted by atomic mass is 10.2. The van der Waals surface area contributed by atoms with E-state index in [9.17, 15) is 14.4 Å². The zero-order chi connectivity index (χ0) is 21.5. The van der Waals surface area contributed by atoms with E-state index < -0.39 is 11.9 Å². The Labute approximate surface area is 178 Å². The summed E-state index contributed by atoms with van der Waals surface area (Å²) in [5.74, 6) is 0.566. The van der Waals surface area contributed by atoms with Gasteiger partial charge in [0.15, 0.2) is 5.16 Å². The standard InChI is InChI=1S/C19H24N6O4S/c1-12(26)21-14-4-3-5-15(10-14)25-17(13-6-7-13)23-24-19(25)30-11-16(27)22-18(28)20-8-9-29-2/h3-5,10,13H,6-9,11H2,1-2H3,(H,21,26)(H2,20,22,27,28). The van der Waals surface area contributed by atoms with Crippen LogP contribution in [0.5, 0.6) is 0 Å². The average Bonchev–Trinajstić information content (AvgIpc) is 3.45. The molecule has 1 saturated carbocycles. The number of urea groups is 1. The third-order valence-electron chi connectivity index (χ3n) is 4.20. The first kappa shape index (κ1) is 21.8. The molecule has 160 valence electrons. The summed E-state index contributed by atoms with van der Waals surface area (Å²) in [6, 6.07) is 6.80. The van der Waals surface area contributed by atoms with Crippen molar-refractivity contribution in [1.29, 1.82) is 0 Å². The summed E-state index contributed by atoms with van der Waals surface area (Å²) in [6.07, 6.45) is 2.08. The molecule has 0 bridgehead atoms. The van der Waals surface area contributed by atoms with Gasteiger partial charge in [-0.15, -0.1) is 10.2 Å². The second-order valence-corrected chi connectivity index (χ2v) is 7.71. The van der Waals surface area contributed by atoms with Crippen molar-refractivity contribution in [3.8, 4) is 5.69 Å². The number of anilines is 1. The minimum absolute atomic E-state index is 0.00584. The lowest BCUT2D eigenvalue weighted by Crippen LogP contribution is -2.41. The Balaban J connectivity index is 1.70. The van der Waals surface area contributed by atoms with Gasteiger partial charge in [0, 0.05) is 32.2 Å². The monoisotopic (exact) mass is 432 g/mol. The van der Waals surface area contributed by atoms with Crippen molar-refractivity contribution >= 4 is 35.3 Å².